The molecule has 1 saturated heterocycles. The molecule has 6 nitrogen and oxygen atoms in total. The first kappa shape index (κ1) is 34.0. The zero-order chi connectivity index (χ0) is 29.4. The first-order valence-electron chi connectivity index (χ1n) is 13.6. The largest absolute Gasteiger partial charge is 0.417 e. The number of hydrogen-bond acceptors (Lipinski definition) is 5. The number of rotatable bonds is 2. The second kappa shape index (κ2) is 17.6. The first-order chi connectivity index (χ1) is 18.5. The lowest BCUT2D eigenvalue weighted by molar-refractivity contribution is -0.137. The quantitative estimate of drug-likeness (QED) is 0.378. The average Bonchev–Trinajstić information content (AvgIpc) is 2.95. The molecule has 1 amide bonds. The highest BCUT2D eigenvalue weighted by Crippen LogP contribution is 2.32. The van der Waals surface area contributed by atoms with E-state index in [1.54, 1.807) is 6.20 Å². The number of nitriles is 1. The number of carbonyl (C=O) groups is 1. The molecule has 1 aliphatic heterocycles. The normalized spacial score (nSPS) is 15.4. The lowest BCUT2D eigenvalue weighted by Crippen LogP contribution is -2.48. The van der Waals surface area contributed by atoms with Crippen LogP contribution >= 0.6 is 11.6 Å². The van der Waals surface area contributed by atoms with Crippen LogP contribution in [0, 0.1) is 17.2 Å². The molecule has 2 fully saturated rings. The Morgan fingerprint density at radius 1 is 1.10 bits per heavy atom. The molecule has 1 aromatic carbocycles. The zero-order valence-corrected chi connectivity index (χ0v) is 24.2. The van der Waals surface area contributed by atoms with Gasteiger partial charge in [0.25, 0.3) is 0 Å². The Hall–Kier alpha value is -2.99. The van der Waals surface area contributed by atoms with Crippen LogP contribution in [0.2, 0.25) is 5.02 Å². The number of aromatic nitrogens is 1. The van der Waals surface area contributed by atoms with Gasteiger partial charge in [-0.05, 0) is 36.2 Å². The van der Waals surface area contributed by atoms with Crippen molar-refractivity contribution in [3.05, 3.63) is 52.7 Å². The van der Waals surface area contributed by atoms with Crippen LogP contribution in [0.1, 0.15) is 77.3 Å². The van der Waals surface area contributed by atoms with E-state index < -0.39 is 17.3 Å². The van der Waals surface area contributed by atoms with E-state index in [0.29, 0.717) is 11.4 Å². The molecule has 1 saturated carbocycles. The fourth-order valence-corrected chi connectivity index (χ4v) is 4.28. The van der Waals surface area contributed by atoms with Gasteiger partial charge in [-0.1, -0.05) is 71.4 Å². The lowest BCUT2D eigenvalue weighted by Gasteiger charge is -2.35. The van der Waals surface area contributed by atoms with Crippen LogP contribution in [0.4, 0.5) is 24.7 Å². The minimum absolute atomic E-state index is 0.00803. The number of benzene rings is 1. The average molecular weight is 568 g/mol. The number of alkyl halides is 3. The molecule has 0 unspecified atom stereocenters. The van der Waals surface area contributed by atoms with Gasteiger partial charge in [-0.2, -0.15) is 18.4 Å². The molecule has 0 spiro atoms. The third-order valence-electron chi connectivity index (χ3n) is 6.33. The summed E-state index contributed by atoms with van der Waals surface area (Å²) >= 11 is 5.80. The standard InChI is InChI=1S/C12H16ClN3O.C8H5F3N2.C7H14.C2H6/c1-2-12(17)16-7-5-15(6-8-16)11-4-3-10(13)9-14-11;9-8(10,11)7-3-6(13)2-1-5(7)4-12;1-7-5-3-2-4-6-7;1-2/h3-4,9H,2,5-8H2,1H3;1-3H,13H2;7H,2-6H2,1H3;1-2H3. The van der Waals surface area contributed by atoms with E-state index in [1.807, 2.05) is 37.8 Å². The van der Waals surface area contributed by atoms with Gasteiger partial charge >= 0.3 is 6.18 Å². The summed E-state index contributed by atoms with van der Waals surface area (Å²) in [6, 6.07) is 8.27. The van der Waals surface area contributed by atoms with Gasteiger partial charge in [-0.25, -0.2) is 4.98 Å². The molecule has 4 rings (SSSR count). The summed E-state index contributed by atoms with van der Waals surface area (Å²) in [5, 5.41) is 9.03. The van der Waals surface area contributed by atoms with Crippen molar-refractivity contribution in [1.82, 2.24) is 9.88 Å². The van der Waals surface area contributed by atoms with Gasteiger partial charge in [0.2, 0.25) is 5.91 Å². The van der Waals surface area contributed by atoms with Gasteiger partial charge in [-0.3, -0.25) is 4.79 Å². The van der Waals surface area contributed by atoms with E-state index >= 15 is 0 Å². The predicted octanol–water partition coefficient (Wildman–Crippen LogP) is 7.57. The molecule has 216 valence electrons. The lowest BCUT2D eigenvalue weighted by atomic mass is 9.91. The summed E-state index contributed by atoms with van der Waals surface area (Å²) in [5.74, 6) is 2.19. The van der Waals surface area contributed by atoms with Crippen molar-refractivity contribution in [2.24, 2.45) is 5.92 Å². The minimum Gasteiger partial charge on any atom is -0.399 e. The molecule has 2 heterocycles. The highest BCUT2D eigenvalue weighted by molar-refractivity contribution is 6.30. The zero-order valence-electron chi connectivity index (χ0n) is 23.4. The van der Waals surface area contributed by atoms with E-state index in [2.05, 4.69) is 16.8 Å². The van der Waals surface area contributed by atoms with Crippen LogP contribution < -0.4 is 10.6 Å². The Morgan fingerprint density at radius 3 is 2.15 bits per heavy atom. The van der Waals surface area contributed by atoms with Gasteiger partial charge in [-0.15, -0.1) is 0 Å². The van der Waals surface area contributed by atoms with Crippen LogP contribution in [0.5, 0.6) is 0 Å². The van der Waals surface area contributed by atoms with Crippen LogP contribution in [-0.2, 0) is 11.0 Å². The van der Waals surface area contributed by atoms with Gasteiger partial charge in [0.05, 0.1) is 22.2 Å². The van der Waals surface area contributed by atoms with Crippen LogP contribution in [0.25, 0.3) is 0 Å². The van der Waals surface area contributed by atoms with Gasteiger partial charge in [0.15, 0.2) is 0 Å². The molecule has 2 aromatic rings. The third kappa shape index (κ3) is 12.2. The maximum absolute atomic E-state index is 12.2. The van der Waals surface area contributed by atoms with Crippen molar-refractivity contribution in [3.8, 4) is 6.07 Å². The molecule has 39 heavy (non-hydrogen) atoms. The molecule has 2 N–H and O–H groups in total. The van der Waals surface area contributed by atoms with E-state index in [4.69, 9.17) is 22.6 Å². The third-order valence-corrected chi connectivity index (χ3v) is 6.56. The van der Waals surface area contributed by atoms with Crippen LogP contribution in [0.15, 0.2) is 36.5 Å². The van der Waals surface area contributed by atoms with Gasteiger partial charge < -0.3 is 15.5 Å². The summed E-state index contributed by atoms with van der Waals surface area (Å²) < 4.78 is 36.6. The molecule has 10 heteroatoms. The highest BCUT2D eigenvalue weighted by atomic mass is 35.5. The van der Waals surface area contributed by atoms with Crippen LogP contribution in [0.3, 0.4) is 0 Å². The molecular weight excluding hydrogens is 527 g/mol. The molecular formula is C29H41ClF3N5O. The van der Waals surface area contributed by atoms with E-state index in [-0.39, 0.29) is 11.6 Å². The van der Waals surface area contributed by atoms with Crippen molar-refractivity contribution in [2.75, 3.05) is 36.8 Å². The highest BCUT2D eigenvalue weighted by Gasteiger charge is 2.33. The Morgan fingerprint density at radius 2 is 1.72 bits per heavy atom. The number of piperazine rings is 1. The Balaban J connectivity index is 0.000000305. The van der Waals surface area contributed by atoms with Crippen LogP contribution in [-0.4, -0.2) is 42.0 Å². The summed E-state index contributed by atoms with van der Waals surface area (Å²) in [6.07, 6.45) is 5.15. The maximum atomic E-state index is 12.2. The number of anilines is 2. The monoisotopic (exact) mass is 567 g/mol. The molecule has 1 aromatic heterocycles. The number of nitrogen functional groups attached to an aromatic ring is 1. The molecule has 0 bridgehead atoms. The first-order valence-corrected chi connectivity index (χ1v) is 13.9. The number of nitrogens with two attached hydrogens (primary N) is 1. The number of pyridine rings is 1. The molecule has 0 radical (unpaired) electrons. The topological polar surface area (TPSA) is 86.2 Å². The summed E-state index contributed by atoms with van der Waals surface area (Å²) in [4.78, 5) is 19.9. The second-order valence-corrected chi connectivity index (χ2v) is 9.65. The number of carbonyl (C=O) groups excluding carboxylic acids is 1. The van der Waals surface area contributed by atoms with Gasteiger partial charge in [0, 0.05) is 44.5 Å². The maximum Gasteiger partial charge on any atom is 0.417 e. The van der Waals surface area contributed by atoms with Crippen molar-refractivity contribution < 1.29 is 18.0 Å². The fraction of sp³-hybridized carbons (Fsp3) is 0.552. The van der Waals surface area contributed by atoms with E-state index in [9.17, 15) is 18.0 Å². The SMILES string of the molecule is CC.CC1CCCCC1.CCC(=O)N1CCN(c2ccc(Cl)cn2)CC1.N#Cc1ccc(N)cc1C(F)(F)F. The Bertz CT molecular complexity index is 1030. The van der Waals surface area contributed by atoms with Gasteiger partial charge in [0.1, 0.15) is 5.82 Å². The number of halogens is 4. The van der Waals surface area contributed by atoms with Crippen molar-refractivity contribution >= 4 is 29.0 Å². The molecule has 2 aliphatic rings. The minimum atomic E-state index is -4.53. The summed E-state index contributed by atoms with van der Waals surface area (Å²) in [7, 11) is 0. The predicted molar refractivity (Wildman–Crippen MR) is 152 cm³/mol. The summed E-state index contributed by atoms with van der Waals surface area (Å²) in [6.45, 7) is 11.5. The Labute approximate surface area is 235 Å². The van der Waals surface area contributed by atoms with Crippen molar-refractivity contribution in [1.29, 1.82) is 5.26 Å². The summed E-state index contributed by atoms with van der Waals surface area (Å²) in [5.41, 5.74) is 3.76. The smallest absolute Gasteiger partial charge is 0.399 e. The fourth-order valence-electron chi connectivity index (χ4n) is 4.16. The number of nitrogens with zero attached hydrogens (tertiary/aromatic N) is 4. The molecule has 1 aliphatic carbocycles. The van der Waals surface area contributed by atoms with Crippen molar-refractivity contribution in [2.45, 2.75) is 72.4 Å². The number of amides is 1. The molecule has 0 atom stereocenters. The number of hydrogen-bond donors (Lipinski definition) is 1. The Kier molecular flexibility index (Phi) is 15.3. The van der Waals surface area contributed by atoms with Crippen molar-refractivity contribution in [3.63, 3.8) is 0 Å². The van der Waals surface area contributed by atoms with E-state index in [1.165, 1.54) is 44.2 Å². The van der Waals surface area contributed by atoms with E-state index in [0.717, 1.165) is 50.0 Å². The second-order valence-electron chi connectivity index (χ2n) is 9.21.